The second-order valence-corrected chi connectivity index (χ2v) is 6.57. The second-order valence-electron chi connectivity index (χ2n) is 6.57. The molecule has 3 aromatic rings. The molecule has 146 valence electrons. The number of benzene rings is 2. The van der Waals surface area contributed by atoms with E-state index in [1.54, 1.807) is 35.2 Å². The van der Waals surface area contributed by atoms with Crippen LogP contribution in [0.1, 0.15) is 39.9 Å². The lowest BCUT2D eigenvalue weighted by atomic mass is 10.1. The Kier molecular flexibility index (Phi) is 6.09. The zero-order chi connectivity index (χ0) is 20.1. The summed E-state index contributed by atoms with van der Waals surface area (Å²) in [4.78, 5) is 14.5. The minimum absolute atomic E-state index is 0.107. The van der Waals surface area contributed by atoms with E-state index in [4.69, 9.17) is 9.26 Å². The molecule has 0 bridgehead atoms. The molecule has 0 saturated carbocycles. The maximum atomic E-state index is 13.4. The third-order valence-corrected chi connectivity index (χ3v) is 4.60. The standard InChI is InChI=1S/C22H23FN2O3/c1-4-25(13-17-6-5-7-19(23)12-17)22(26)18-8-10-20(11-9-18)27-14-21-15(2)24-28-16(21)3/h5-12H,4,13-14H2,1-3H3. The molecule has 6 heteroatoms. The van der Waals surface area contributed by atoms with Crippen LogP contribution in [0.25, 0.3) is 0 Å². The highest BCUT2D eigenvalue weighted by atomic mass is 19.1. The van der Waals surface area contributed by atoms with Crippen molar-refractivity contribution >= 4 is 5.91 Å². The quantitative estimate of drug-likeness (QED) is 0.596. The largest absolute Gasteiger partial charge is 0.489 e. The lowest BCUT2D eigenvalue weighted by Gasteiger charge is -2.21. The van der Waals surface area contributed by atoms with Crippen LogP contribution in [0.3, 0.4) is 0 Å². The summed E-state index contributed by atoms with van der Waals surface area (Å²) in [7, 11) is 0. The van der Waals surface area contributed by atoms with Crippen LogP contribution in [0.4, 0.5) is 4.39 Å². The van der Waals surface area contributed by atoms with Crippen LogP contribution in [0, 0.1) is 19.7 Å². The number of rotatable bonds is 7. The van der Waals surface area contributed by atoms with Gasteiger partial charge in [0.1, 0.15) is 23.9 Å². The van der Waals surface area contributed by atoms with Crippen molar-refractivity contribution in [3.8, 4) is 5.75 Å². The number of nitrogens with zero attached hydrogens (tertiary/aromatic N) is 2. The van der Waals surface area contributed by atoms with Gasteiger partial charge in [0.2, 0.25) is 0 Å². The fraction of sp³-hybridized carbons (Fsp3) is 0.273. The van der Waals surface area contributed by atoms with Gasteiger partial charge in [0, 0.05) is 18.7 Å². The van der Waals surface area contributed by atoms with Crippen molar-refractivity contribution in [2.45, 2.75) is 33.9 Å². The first-order valence-corrected chi connectivity index (χ1v) is 9.16. The molecule has 0 fully saturated rings. The summed E-state index contributed by atoms with van der Waals surface area (Å²) < 4.78 is 24.3. The molecule has 28 heavy (non-hydrogen) atoms. The van der Waals surface area contributed by atoms with Crippen LogP contribution < -0.4 is 4.74 Å². The number of hydrogen-bond acceptors (Lipinski definition) is 4. The highest BCUT2D eigenvalue weighted by molar-refractivity contribution is 5.94. The molecule has 0 saturated heterocycles. The zero-order valence-corrected chi connectivity index (χ0v) is 16.2. The van der Waals surface area contributed by atoms with Crippen LogP contribution in [0.15, 0.2) is 53.1 Å². The molecular weight excluding hydrogens is 359 g/mol. The number of carbonyl (C=O) groups excluding carboxylic acids is 1. The third-order valence-electron chi connectivity index (χ3n) is 4.60. The van der Waals surface area contributed by atoms with E-state index in [2.05, 4.69) is 5.16 Å². The molecule has 5 nitrogen and oxygen atoms in total. The summed E-state index contributed by atoms with van der Waals surface area (Å²) in [5, 5.41) is 3.91. The van der Waals surface area contributed by atoms with Crippen molar-refractivity contribution in [3.63, 3.8) is 0 Å². The van der Waals surface area contributed by atoms with Gasteiger partial charge < -0.3 is 14.2 Å². The molecule has 3 rings (SSSR count). The van der Waals surface area contributed by atoms with E-state index in [1.807, 2.05) is 26.8 Å². The van der Waals surface area contributed by atoms with Crippen LogP contribution in [-0.4, -0.2) is 22.5 Å². The number of amides is 1. The van der Waals surface area contributed by atoms with Gasteiger partial charge in [-0.15, -0.1) is 0 Å². The van der Waals surface area contributed by atoms with Crippen LogP contribution in [-0.2, 0) is 13.2 Å². The van der Waals surface area contributed by atoms with E-state index >= 15 is 0 Å². The number of aromatic nitrogens is 1. The van der Waals surface area contributed by atoms with Crippen molar-refractivity contribution in [2.75, 3.05) is 6.54 Å². The minimum atomic E-state index is -0.305. The second kappa shape index (κ2) is 8.69. The van der Waals surface area contributed by atoms with Crippen molar-refractivity contribution in [1.29, 1.82) is 0 Å². The van der Waals surface area contributed by atoms with E-state index in [0.717, 1.165) is 22.6 Å². The highest BCUT2D eigenvalue weighted by Crippen LogP contribution is 2.19. The molecule has 1 heterocycles. The van der Waals surface area contributed by atoms with E-state index < -0.39 is 0 Å². The fourth-order valence-corrected chi connectivity index (χ4v) is 2.92. The Bertz CT molecular complexity index is 931. The average molecular weight is 382 g/mol. The van der Waals surface area contributed by atoms with E-state index in [0.29, 0.717) is 31.0 Å². The number of ether oxygens (including phenoxy) is 1. The third kappa shape index (κ3) is 4.57. The molecule has 2 aromatic carbocycles. The Hall–Kier alpha value is -3.15. The summed E-state index contributed by atoms with van der Waals surface area (Å²) in [5.74, 6) is 0.981. The Labute approximate surface area is 163 Å². The number of aryl methyl sites for hydroxylation is 2. The van der Waals surface area contributed by atoms with Crippen molar-refractivity contribution < 1.29 is 18.4 Å². The van der Waals surface area contributed by atoms with Gasteiger partial charge >= 0.3 is 0 Å². The normalized spacial score (nSPS) is 10.7. The molecule has 0 atom stereocenters. The summed E-state index contributed by atoms with van der Waals surface area (Å²) in [6.07, 6.45) is 0. The zero-order valence-electron chi connectivity index (χ0n) is 16.2. The maximum Gasteiger partial charge on any atom is 0.254 e. The van der Waals surface area contributed by atoms with Gasteiger partial charge in [0.25, 0.3) is 5.91 Å². The topological polar surface area (TPSA) is 55.6 Å². The number of hydrogen-bond donors (Lipinski definition) is 0. The first-order chi connectivity index (χ1) is 13.5. The van der Waals surface area contributed by atoms with Gasteiger partial charge in [-0.3, -0.25) is 4.79 Å². The summed E-state index contributed by atoms with van der Waals surface area (Å²) in [6, 6.07) is 13.3. The van der Waals surface area contributed by atoms with Gasteiger partial charge in [0.05, 0.1) is 11.3 Å². The first kappa shape index (κ1) is 19.6. The first-order valence-electron chi connectivity index (χ1n) is 9.16. The molecule has 0 aliphatic rings. The fourth-order valence-electron chi connectivity index (χ4n) is 2.92. The van der Waals surface area contributed by atoms with Crippen molar-refractivity contribution in [1.82, 2.24) is 10.1 Å². The molecule has 0 radical (unpaired) electrons. The van der Waals surface area contributed by atoms with Gasteiger partial charge in [-0.05, 0) is 62.7 Å². The predicted molar refractivity (Wildman–Crippen MR) is 104 cm³/mol. The van der Waals surface area contributed by atoms with Gasteiger partial charge in [0.15, 0.2) is 0 Å². The molecule has 0 aliphatic heterocycles. The molecule has 1 amide bonds. The highest BCUT2D eigenvalue weighted by Gasteiger charge is 2.15. The Morgan fingerprint density at radius 1 is 1.18 bits per heavy atom. The summed E-state index contributed by atoms with van der Waals surface area (Å²) in [5.41, 5.74) is 3.05. The van der Waals surface area contributed by atoms with Gasteiger partial charge in [-0.25, -0.2) is 4.39 Å². The molecule has 0 unspecified atom stereocenters. The van der Waals surface area contributed by atoms with Crippen LogP contribution in [0.5, 0.6) is 5.75 Å². The van der Waals surface area contributed by atoms with E-state index in [1.165, 1.54) is 12.1 Å². The minimum Gasteiger partial charge on any atom is -0.489 e. The molecule has 1 aromatic heterocycles. The predicted octanol–water partition coefficient (Wildman–Crippen LogP) is 4.67. The van der Waals surface area contributed by atoms with E-state index in [-0.39, 0.29) is 11.7 Å². The van der Waals surface area contributed by atoms with Crippen molar-refractivity contribution in [2.24, 2.45) is 0 Å². The summed E-state index contributed by atoms with van der Waals surface area (Å²) >= 11 is 0. The lowest BCUT2D eigenvalue weighted by molar-refractivity contribution is 0.0752. The maximum absolute atomic E-state index is 13.4. The number of carbonyl (C=O) groups is 1. The van der Waals surface area contributed by atoms with Crippen molar-refractivity contribution in [3.05, 3.63) is 82.5 Å². The Morgan fingerprint density at radius 3 is 2.54 bits per heavy atom. The van der Waals surface area contributed by atoms with Gasteiger partial charge in [-0.1, -0.05) is 17.3 Å². The molecule has 0 N–H and O–H groups in total. The average Bonchev–Trinajstić information content (AvgIpc) is 3.02. The summed E-state index contributed by atoms with van der Waals surface area (Å²) in [6.45, 7) is 6.86. The smallest absolute Gasteiger partial charge is 0.254 e. The Morgan fingerprint density at radius 2 is 1.93 bits per heavy atom. The molecular formula is C22H23FN2O3. The van der Waals surface area contributed by atoms with Crippen LogP contribution >= 0.6 is 0 Å². The van der Waals surface area contributed by atoms with E-state index in [9.17, 15) is 9.18 Å². The van der Waals surface area contributed by atoms with Gasteiger partial charge in [-0.2, -0.15) is 0 Å². The lowest BCUT2D eigenvalue weighted by Crippen LogP contribution is -2.30. The number of halogens is 1. The Balaban J connectivity index is 1.65. The monoisotopic (exact) mass is 382 g/mol. The SMILES string of the molecule is CCN(Cc1cccc(F)c1)C(=O)c1ccc(OCc2c(C)noc2C)cc1. The molecule has 0 spiro atoms. The van der Waals surface area contributed by atoms with Crippen LogP contribution in [0.2, 0.25) is 0 Å². The molecule has 0 aliphatic carbocycles.